The van der Waals surface area contributed by atoms with Crippen molar-refractivity contribution in [1.29, 1.82) is 0 Å². The zero-order valence-electron chi connectivity index (χ0n) is 14.9. The van der Waals surface area contributed by atoms with Gasteiger partial charge in [0.15, 0.2) is 5.96 Å². The summed E-state index contributed by atoms with van der Waals surface area (Å²) < 4.78 is 0. The van der Waals surface area contributed by atoms with Crippen LogP contribution < -0.4 is 5.32 Å². The molecule has 2 rings (SSSR count). The van der Waals surface area contributed by atoms with Gasteiger partial charge in [-0.2, -0.15) is 0 Å². The Bertz CT molecular complexity index is 351. The maximum Gasteiger partial charge on any atom is 0.193 e. The van der Waals surface area contributed by atoms with E-state index in [1.807, 2.05) is 0 Å². The molecule has 0 radical (unpaired) electrons. The number of likely N-dealkylation sites (N-methyl/N-ethyl adjacent to an activating group) is 1. The van der Waals surface area contributed by atoms with Crippen LogP contribution in [0.3, 0.4) is 0 Å². The molecular formula is C17H35IN4. The van der Waals surface area contributed by atoms with Gasteiger partial charge in [0.1, 0.15) is 0 Å². The minimum absolute atomic E-state index is 0. The highest BCUT2D eigenvalue weighted by molar-refractivity contribution is 14.0. The molecular weight excluding hydrogens is 387 g/mol. The molecule has 0 aromatic carbocycles. The lowest BCUT2D eigenvalue weighted by Crippen LogP contribution is -2.41. The number of hydrogen-bond acceptors (Lipinski definition) is 2. The van der Waals surface area contributed by atoms with E-state index < -0.39 is 0 Å². The lowest BCUT2D eigenvalue weighted by atomic mass is 9.93. The normalized spacial score (nSPS) is 22.2. The smallest absolute Gasteiger partial charge is 0.193 e. The lowest BCUT2D eigenvalue weighted by Gasteiger charge is -2.25. The second kappa shape index (κ2) is 9.30. The molecule has 0 spiro atoms. The number of guanidine groups is 1. The van der Waals surface area contributed by atoms with Gasteiger partial charge < -0.3 is 15.1 Å². The first-order valence-electron chi connectivity index (χ1n) is 8.75. The van der Waals surface area contributed by atoms with Crippen LogP contribution in [-0.4, -0.2) is 61.6 Å². The van der Waals surface area contributed by atoms with E-state index in [0.717, 1.165) is 44.7 Å². The van der Waals surface area contributed by atoms with Gasteiger partial charge in [0.05, 0.1) is 6.54 Å². The van der Waals surface area contributed by atoms with Gasteiger partial charge in [0.25, 0.3) is 0 Å². The summed E-state index contributed by atoms with van der Waals surface area (Å²) in [5.74, 6) is 1.11. The first-order chi connectivity index (χ1) is 10.0. The molecule has 2 fully saturated rings. The molecule has 5 heteroatoms. The maximum atomic E-state index is 4.86. The first-order valence-corrected chi connectivity index (χ1v) is 8.75. The fourth-order valence-electron chi connectivity index (χ4n) is 3.56. The van der Waals surface area contributed by atoms with E-state index >= 15 is 0 Å². The summed E-state index contributed by atoms with van der Waals surface area (Å²) in [4.78, 5) is 9.80. The van der Waals surface area contributed by atoms with Crippen LogP contribution in [0.15, 0.2) is 4.99 Å². The second-order valence-corrected chi connectivity index (χ2v) is 7.49. The molecule has 0 aromatic rings. The zero-order chi connectivity index (χ0) is 15.3. The van der Waals surface area contributed by atoms with E-state index in [-0.39, 0.29) is 24.0 Å². The van der Waals surface area contributed by atoms with Gasteiger partial charge in [-0.15, -0.1) is 24.0 Å². The van der Waals surface area contributed by atoms with Gasteiger partial charge in [0.2, 0.25) is 0 Å². The third-order valence-electron chi connectivity index (χ3n) is 4.97. The molecule has 1 aliphatic heterocycles. The Kier molecular flexibility index (Phi) is 8.46. The minimum Gasteiger partial charge on any atom is -0.357 e. The number of hydrogen-bond donors (Lipinski definition) is 1. The molecule has 0 unspecified atom stereocenters. The molecule has 4 nitrogen and oxygen atoms in total. The summed E-state index contributed by atoms with van der Waals surface area (Å²) in [5.41, 5.74) is 0.427. The first kappa shape index (κ1) is 20.0. The van der Waals surface area contributed by atoms with Crippen molar-refractivity contribution < 1.29 is 0 Å². The van der Waals surface area contributed by atoms with Gasteiger partial charge >= 0.3 is 0 Å². The molecule has 2 aliphatic rings. The van der Waals surface area contributed by atoms with Crippen molar-refractivity contribution in [2.24, 2.45) is 10.4 Å². The lowest BCUT2D eigenvalue weighted by molar-refractivity contribution is 0.252. The van der Waals surface area contributed by atoms with Crippen molar-refractivity contribution >= 4 is 29.9 Å². The molecule has 0 amide bonds. The van der Waals surface area contributed by atoms with Gasteiger partial charge in [-0.1, -0.05) is 26.7 Å². The van der Waals surface area contributed by atoms with Crippen LogP contribution in [0.4, 0.5) is 0 Å². The zero-order valence-corrected chi connectivity index (χ0v) is 17.2. The summed E-state index contributed by atoms with van der Waals surface area (Å²) >= 11 is 0. The van der Waals surface area contributed by atoms with Gasteiger partial charge in [-0.25, -0.2) is 0 Å². The molecule has 0 atom stereocenters. The van der Waals surface area contributed by atoms with Gasteiger partial charge in [-0.05, 0) is 38.6 Å². The second-order valence-electron chi connectivity index (χ2n) is 7.49. The third-order valence-corrected chi connectivity index (χ3v) is 4.97. The number of nitrogens with one attached hydrogen (secondary N) is 1. The largest absolute Gasteiger partial charge is 0.357 e. The van der Waals surface area contributed by atoms with Crippen LogP contribution in [0, 0.1) is 5.41 Å². The van der Waals surface area contributed by atoms with Crippen LogP contribution in [0.2, 0.25) is 0 Å². The van der Waals surface area contributed by atoms with Crippen molar-refractivity contribution in [3.05, 3.63) is 0 Å². The van der Waals surface area contributed by atoms with E-state index in [0.29, 0.717) is 5.41 Å². The Balaban J connectivity index is 0.00000242. The predicted molar refractivity (Wildman–Crippen MR) is 106 cm³/mol. The number of rotatable bonds is 5. The van der Waals surface area contributed by atoms with Crippen molar-refractivity contribution in [2.45, 2.75) is 58.9 Å². The molecule has 1 saturated carbocycles. The number of halogens is 1. The molecule has 130 valence electrons. The van der Waals surface area contributed by atoms with Crippen molar-refractivity contribution in [3.8, 4) is 0 Å². The van der Waals surface area contributed by atoms with Crippen LogP contribution in [-0.2, 0) is 0 Å². The highest BCUT2D eigenvalue weighted by atomic mass is 127. The van der Waals surface area contributed by atoms with E-state index in [2.05, 4.69) is 42.9 Å². The van der Waals surface area contributed by atoms with Crippen molar-refractivity contribution in [1.82, 2.24) is 15.1 Å². The van der Waals surface area contributed by atoms with E-state index in [1.165, 1.54) is 32.1 Å². The summed E-state index contributed by atoms with van der Waals surface area (Å²) in [5, 5.41) is 3.46. The Hall–Kier alpha value is -0.0400. The predicted octanol–water partition coefficient (Wildman–Crippen LogP) is 3.18. The summed E-state index contributed by atoms with van der Waals surface area (Å²) in [6, 6.07) is 0.800. The molecule has 1 N–H and O–H groups in total. The van der Waals surface area contributed by atoms with Gasteiger partial charge in [-0.3, -0.25) is 4.99 Å². The SMILES string of the molecule is CCNC(=NCCN(C)C1CCCC1)N1CCC(C)(C)C1.I. The Morgan fingerprint density at radius 3 is 2.55 bits per heavy atom. The van der Waals surface area contributed by atoms with Crippen molar-refractivity contribution in [3.63, 3.8) is 0 Å². The average Bonchev–Trinajstić information content (AvgIpc) is 3.07. The highest BCUT2D eigenvalue weighted by Gasteiger charge is 2.30. The van der Waals surface area contributed by atoms with E-state index in [1.54, 1.807) is 0 Å². The Morgan fingerprint density at radius 2 is 2.00 bits per heavy atom. The average molecular weight is 422 g/mol. The van der Waals surface area contributed by atoms with Crippen LogP contribution >= 0.6 is 24.0 Å². The Morgan fingerprint density at radius 1 is 1.32 bits per heavy atom. The highest BCUT2D eigenvalue weighted by Crippen LogP contribution is 2.28. The molecule has 22 heavy (non-hydrogen) atoms. The topological polar surface area (TPSA) is 30.9 Å². The maximum absolute atomic E-state index is 4.86. The number of likely N-dealkylation sites (tertiary alicyclic amines) is 1. The Labute approximate surface area is 154 Å². The van der Waals surface area contributed by atoms with E-state index in [4.69, 9.17) is 4.99 Å². The van der Waals surface area contributed by atoms with Gasteiger partial charge in [0, 0.05) is 32.2 Å². The minimum atomic E-state index is 0. The fourth-order valence-corrected chi connectivity index (χ4v) is 3.56. The summed E-state index contributed by atoms with van der Waals surface area (Å²) in [7, 11) is 2.26. The standard InChI is InChI=1S/C17H34N4.HI/c1-5-18-16(21-12-10-17(2,3)14-21)19-11-13-20(4)15-8-6-7-9-15;/h15H,5-14H2,1-4H3,(H,18,19);1H. The quantitative estimate of drug-likeness (QED) is 0.420. The number of nitrogens with zero attached hydrogens (tertiary/aromatic N) is 3. The third kappa shape index (κ3) is 5.87. The van der Waals surface area contributed by atoms with Crippen LogP contribution in [0.5, 0.6) is 0 Å². The summed E-state index contributed by atoms with van der Waals surface area (Å²) in [6.45, 7) is 12.1. The van der Waals surface area contributed by atoms with Crippen molar-refractivity contribution in [2.75, 3.05) is 39.8 Å². The molecule has 1 saturated heterocycles. The van der Waals surface area contributed by atoms with Crippen LogP contribution in [0.25, 0.3) is 0 Å². The fraction of sp³-hybridized carbons (Fsp3) is 0.941. The summed E-state index contributed by atoms with van der Waals surface area (Å²) in [6.07, 6.45) is 6.83. The molecule has 1 heterocycles. The van der Waals surface area contributed by atoms with E-state index in [9.17, 15) is 0 Å². The molecule has 1 aliphatic carbocycles. The number of aliphatic imine (C=N–C) groups is 1. The molecule has 0 aromatic heterocycles. The monoisotopic (exact) mass is 422 g/mol. The van der Waals surface area contributed by atoms with Crippen LogP contribution in [0.1, 0.15) is 52.9 Å². The molecule has 0 bridgehead atoms.